The number of hydrogen-bond donors (Lipinski definition) is 2. The second-order valence-corrected chi connectivity index (χ2v) is 8.41. The number of benzene rings is 1. The summed E-state index contributed by atoms with van der Waals surface area (Å²) in [5.41, 5.74) is 1.40. The minimum absolute atomic E-state index is 0. The third-order valence-corrected chi connectivity index (χ3v) is 6.50. The van der Waals surface area contributed by atoms with Gasteiger partial charge in [0.15, 0.2) is 5.96 Å². The molecule has 2 unspecified atom stereocenters. The second kappa shape index (κ2) is 13.5. The second-order valence-electron chi connectivity index (χ2n) is 8.41. The van der Waals surface area contributed by atoms with Crippen LogP contribution in [0.4, 0.5) is 0 Å². The number of halogens is 1. The summed E-state index contributed by atoms with van der Waals surface area (Å²) in [4.78, 5) is 12.2. The van der Waals surface area contributed by atoms with Gasteiger partial charge in [0.2, 0.25) is 0 Å². The van der Waals surface area contributed by atoms with Gasteiger partial charge >= 0.3 is 0 Å². The average molecular weight is 529 g/mol. The fourth-order valence-electron chi connectivity index (χ4n) is 4.48. The van der Waals surface area contributed by atoms with Crippen LogP contribution in [0.5, 0.6) is 0 Å². The molecule has 0 amide bonds. The molecule has 7 heteroatoms. The largest absolute Gasteiger partial charge is 0.355 e. The lowest BCUT2D eigenvalue weighted by Crippen LogP contribution is -2.53. The zero-order valence-corrected chi connectivity index (χ0v) is 21.3. The van der Waals surface area contributed by atoms with Crippen LogP contribution in [0.3, 0.4) is 0 Å². The molecule has 3 rings (SSSR count). The van der Waals surface area contributed by atoms with E-state index in [0.717, 1.165) is 25.6 Å². The summed E-state index contributed by atoms with van der Waals surface area (Å²) in [6.45, 7) is 14.6. The first kappa shape index (κ1) is 25.4. The molecule has 0 aliphatic carbocycles. The van der Waals surface area contributed by atoms with Crippen molar-refractivity contribution in [3.05, 3.63) is 35.9 Å². The zero-order chi connectivity index (χ0) is 20.5. The summed E-state index contributed by atoms with van der Waals surface area (Å²) >= 11 is 0. The van der Waals surface area contributed by atoms with Crippen LogP contribution >= 0.6 is 24.0 Å². The van der Waals surface area contributed by atoms with Gasteiger partial charge < -0.3 is 15.5 Å². The highest BCUT2D eigenvalue weighted by Gasteiger charge is 2.25. The monoisotopic (exact) mass is 528 g/mol. The molecular formula is C23H41IN6. The number of rotatable bonds is 8. The van der Waals surface area contributed by atoms with Crippen molar-refractivity contribution < 1.29 is 0 Å². The van der Waals surface area contributed by atoms with Crippen molar-refractivity contribution in [1.29, 1.82) is 0 Å². The lowest BCUT2D eigenvalue weighted by molar-refractivity contribution is 0.107. The number of aliphatic imine (C=N–C) groups is 1. The zero-order valence-electron chi connectivity index (χ0n) is 19.0. The van der Waals surface area contributed by atoms with E-state index >= 15 is 0 Å². The Morgan fingerprint density at radius 1 is 1.10 bits per heavy atom. The maximum atomic E-state index is 4.45. The number of nitrogens with zero attached hydrogens (tertiary/aromatic N) is 4. The topological polar surface area (TPSA) is 46.1 Å². The summed E-state index contributed by atoms with van der Waals surface area (Å²) in [6.07, 6.45) is 2.54. The number of guanidine groups is 1. The number of likely N-dealkylation sites (N-methyl/N-ethyl adjacent to an activating group) is 1. The van der Waals surface area contributed by atoms with Gasteiger partial charge in [-0.3, -0.25) is 14.8 Å². The molecule has 0 radical (unpaired) electrons. The van der Waals surface area contributed by atoms with E-state index in [1.165, 1.54) is 57.7 Å². The normalized spacial score (nSPS) is 22.5. The van der Waals surface area contributed by atoms with Crippen molar-refractivity contribution in [2.75, 3.05) is 59.4 Å². The Labute approximate surface area is 200 Å². The number of nitrogens with one attached hydrogen (secondary N) is 2. The number of piperazine rings is 1. The first-order chi connectivity index (χ1) is 14.2. The van der Waals surface area contributed by atoms with Gasteiger partial charge in [0.1, 0.15) is 0 Å². The molecule has 0 saturated carbocycles. The third kappa shape index (κ3) is 7.66. The molecule has 0 spiro atoms. The maximum Gasteiger partial charge on any atom is 0.191 e. The average Bonchev–Trinajstić information content (AvgIpc) is 3.21. The van der Waals surface area contributed by atoms with E-state index in [4.69, 9.17) is 0 Å². The van der Waals surface area contributed by atoms with E-state index in [1.807, 2.05) is 7.05 Å². The fourth-order valence-corrected chi connectivity index (χ4v) is 4.48. The van der Waals surface area contributed by atoms with Crippen molar-refractivity contribution in [1.82, 2.24) is 25.3 Å². The smallest absolute Gasteiger partial charge is 0.191 e. The Bertz CT molecular complexity index is 617. The molecule has 1 aromatic rings. The van der Waals surface area contributed by atoms with Gasteiger partial charge in [0.25, 0.3) is 0 Å². The molecule has 2 atom stereocenters. The Morgan fingerprint density at radius 2 is 1.83 bits per heavy atom. The Kier molecular flexibility index (Phi) is 11.4. The highest BCUT2D eigenvalue weighted by atomic mass is 127. The van der Waals surface area contributed by atoms with Gasteiger partial charge in [0, 0.05) is 64.9 Å². The van der Waals surface area contributed by atoms with Gasteiger partial charge in [-0.2, -0.15) is 0 Å². The molecule has 6 nitrogen and oxygen atoms in total. The van der Waals surface area contributed by atoms with E-state index in [0.29, 0.717) is 12.1 Å². The Balaban J connectivity index is 0.00000320. The third-order valence-electron chi connectivity index (χ3n) is 6.50. The summed E-state index contributed by atoms with van der Waals surface area (Å²) in [5.74, 6) is 0.926. The van der Waals surface area contributed by atoms with Gasteiger partial charge in [-0.1, -0.05) is 37.3 Å². The van der Waals surface area contributed by atoms with Crippen molar-refractivity contribution >= 4 is 29.9 Å². The molecule has 2 saturated heterocycles. The SMILES string of the molecule is CCN1CCN(C(C)CNC(=NC)NCC2CCCN2Cc2ccccc2)CC1.I. The molecule has 2 N–H and O–H groups in total. The molecule has 2 aliphatic rings. The first-order valence-electron chi connectivity index (χ1n) is 11.4. The Hall–Kier alpha value is -0.900. The van der Waals surface area contributed by atoms with Crippen molar-refractivity contribution in [2.24, 2.45) is 4.99 Å². The highest BCUT2D eigenvalue weighted by Crippen LogP contribution is 2.19. The van der Waals surface area contributed by atoms with Crippen molar-refractivity contribution in [3.8, 4) is 0 Å². The minimum atomic E-state index is 0. The highest BCUT2D eigenvalue weighted by molar-refractivity contribution is 14.0. The van der Waals surface area contributed by atoms with Crippen LogP contribution in [-0.2, 0) is 6.54 Å². The molecule has 2 aliphatic heterocycles. The van der Waals surface area contributed by atoms with Crippen LogP contribution < -0.4 is 10.6 Å². The lowest BCUT2D eigenvalue weighted by atomic mass is 10.2. The van der Waals surface area contributed by atoms with E-state index in [1.54, 1.807) is 0 Å². The van der Waals surface area contributed by atoms with E-state index in [-0.39, 0.29) is 24.0 Å². The molecule has 0 aromatic heterocycles. The maximum absolute atomic E-state index is 4.45. The summed E-state index contributed by atoms with van der Waals surface area (Å²) in [7, 11) is 1.87. The number of hydrogen-bond acceptors (Lipinski definition) is 4. The van der Waals surface area contributed by atoms with Crippen LogP contribution in [-0.4, -0.2) is 92.1 Å². The van der Waals surface area contributed by atoms with Gasteiger partial charge in [-0.15, -0.1) is 24.0 Å². The molecule has 30 heavy (non-hydrogen) atoms. The van der Waals surface area contributed by atoms with Crippen LogP contribution in [0.15, 0.2) is 35.3 Å². The van der Waals surface area contributed by atoms with Crippen LogP contribution in [0.1, 0.15) is 32.3 Å². The molecule has 2 fully saturated rings. The molecule has 2 heterocycles. The van der Waals surface area contributed by atoms with Gasteiger partial charge in [-0.25, -0.2) is 0 Å². The minimum Gasteiger partial charge on any atom is -0.355 e. The fraction of sp³-hybridized carbons (Fsp3) is 0.696. The summed E-state index contributed by atoms with van der Waals surface area (Å²) < 4.78 is 0. The van der Waals surface area contributed by atoms with Crippen LogP contribution in [0.25, 0.3) is 0 Å². The predicted molar refractivity (Wildman–Crippen MR) is 138 cm³/mol. The molecular weight excluding hydrogens is 487 g/mol. The molecule has 170 valence electrons. The van der Waals surface area contributed by atoms with Gasteiger partial charge in [0.05, 0.1) is 0 Å². The quantitative estimate of drug-likeness (QED) is 0.309. The summed E-state index contributed by atoms with van der Waals surface area (Å²) in [6, 6.07) is 11.9. The van der Waals surface area contributed by atoms with E-state index < -0.39 is 0 Å². The van der Waals surface area contributed by atoms with Gasteiger partial charge in [-0.05, 0) is 38.4 Å². The summed E-state index contributed by atoms with van der Waals surface area (Å²) in [5, 5.41) is 7.12. The van der Waals surface area contributed by atoms with Crippen LogP contribution in [0, 0.1) is 0 Å². The number of likely N-dealkylation sites (tertiary alicyclic amines) is 1. The molecule has 0 bridgehead atoms. The predicted octanol–water partition coefficient (Wildman–Crippen LogP) is 2.46. The van der Waals surface area contributed by atoms with E-state index in [9.17, 15) is 0 Å². The standard InChI is InChI=1S/C23H40N6.HI/c1-4-27-13-15-28(16-14-27)20(2)17-25-23(24-3)26-18-22-11-8-12-29(22)19-21-9-6-5-7-10-21;/h5-7,9-10,20,22H,4,8,11-19H2,1-3H3,(H2,24,25,26);1H. The molecule has 1 aromatic carbocycles. The van der Waals surface area contributed by atoms with Crippen molar-refractivity contribution in [3.63, 3.8) is 0 Å². The Morgan fingerprint density at radius 3 is 2.50 bits per heavy atom. The lowest BCUT2D eigenvalue weighted by Gasteiger charge is -2.37. The van der Waals surface area contributed by atoms with Crippen molar-refractivity contribution in [2.45, 2.75) is 45.3 Å². The van der Waals surface area contributed by atoms with E-state index in [2.05, 4.69) is 74.5 Å². The first-order valence-corrected chi connectivity index (χ1v) is 11.4. The van der Waals surface area contributed by atoms with Crippen LogP contribution in [0.2, 0.25) is 0 Å².